The standard InChI is InChI=1S/C17H15F3N2S/c18-17(19,20)14-6-3-7-15(10-14)21-16(23)22-9-8-12-4-1-2-5-13(12)11-22/h1-7,10H,8-9,11H2,(H,21,23). The molecular formula is C17H15F3N2S. The zero-order valence-electron chi connectivity index (χ0n) is 12.2. The van der Waals surface area contributed by atoms with Crippen LogP contribution in [0, 0.1) is 0 Å². The number of halogens is 3. The third kappa shape index (κ3) is 3.64. The van der Waals surface area contributed by atoms with Crippen LogP contribution in [0.1, 0.15) is 16.7 Å². The van der Waals surface area contributed by atoms with Crippen molar-refractivity contribution in [1.82, 2.24) is 4.90 Å². The molecule has 6 heteroatoms. The molecule has 0 fully saturated rings. The summed E-state index contributed by atoms with van der Waals surface area (Å²) in [6.07, 6.45) is -3.48. The lowest BCUT2D eigenvalue weighted by molar-refractivity contribution is -0.137. The van der Waals surface area contributed by atoms with E-state index in [4.69, 9.17) is 12.2 Å². The van der Waals surface area contributed by atoms with Crippen LogP contribution < -0.4 is 5.32 Å². The quantitative estimate of drug-likeness (QED) is 0.774. The fourth-order valence-electron chi connectivity index (χ4n) is 2.64. The third-order valence-electron chi connectivity index (χ3n) is 3.86. The highest BCUT2D eigenvalue weighted by Crippen LogP contribution is 2.30. The number of nitrogens with one attached hydrogen (secondary N) is 1. The van der Waals surface area contributed by atoms with Crippen molar-refractivity contribution in [3.63, 3.8) is 0 Å². The highest BCUT2D eigenvalue weighted by molar-refractivity contribution is 7.80. The van der Waals surface area contributed by atoms with E-state index in [1.165, 1.54) is 17.2 Å². The Bertz CT molecular complexity index is 728. The molecule has 0 aliphatic carbocycles. The van der Waals surface area contributed by atoms with E-state index >= 15 is 0 Å². The predicted octanol–water partition coefficient (Wildman–Crippen LogP) is 4.46. The van der Waals surface area contributed by atoms with Crippen LogP contribution >= 0.6 is 12.2 Å². The molecular weight excluding hydrogens is 321 g/mol. The first-order chi connectivity index (χ1) is 10.9. The molecule has 0 saturated carbocycles. The van der Waals surface area contributed by atoms with Crippen molar-refractivity contribution in [2.45, 2.75) is 19.1 Å². The van der Waals surface area contributed by atoms with Crippen molar-refractivity contribution in [2.75, 3.05) is 11.9 Å². The van der Waals surface area contributed by atoms with Crippen LogP contribution in [-0.2, 0) is 19.1 Å². The molecule has 0 saturated heterocycles. The number of rotatable bonds is 1. The smallest absolute Gasteiger partial charge is 0.344 e. The van der Waals surface area contributed by atoms with E-state index in [2.05, 4.69) is 11.4 Å². The fraction of sp³-hybridized carbons (Fsp3) is 0.235. The van der Waals surface area contributed by atoms with E-state index in [9.17, 15) is 13.2 Å². The first-order valence-electron chi connectivity index (χ1n) is 7.23. The number of benzene rings is 2. The minimum Gasteiger partial charge on any atom is -0.344 e. The van der Waals surface area contributed by atoms with Gasteiger partial charge in [0.1, 0.15) is 0 Å². The normalized spacial score (nSPS) is 14.3. The van der Waals surface area contributed by atoms with Gasteiger partial charge in [0.05, 0.1) is 5.56 Å². The molecule has 2 nitrogen and oxygen atoms in total. The van der Waals surface area contributed by atoms with Gasteiger partial charge in [0.2, 0.25) is 0 Å². The summed E-state index contributed by atoms with van der Waals surface area (Å²) in [7, 11) is 0. The molecule has 0 unspecified atom stereocenters. The van der Waals surface area contributed by atoms with Crippen molar-refractivity contribution in [2.24, 2.45) is 0 Å². The molecule has 2 aromatic carbocycles. The molecule has 0 atom stereocenters. The van der Waals surface area contributed by atoms with Gasteiger partial charge in [0.25, 0.3) is 0 Å². The first-order valence-corrected chi connectivity index (χ1v) is 7.64. The highest BCUT2D eigenvalue weighted by Gasteiger charge is 2.30. The van der Waals surface area contributed by atoms with Gasteiger partial charge in [-0.1, -0.05) is 30.3 Å². The maximum absolute atomic E-state index is 12.8. The van der Waals surface area contributed by atoms with Crippen LogP contribution in [0.3, 0.4) is 0 Å². The van der Waals surface area contributed by atoms with E-state index in [1.807, 2.05) is 23.1 Å². The summed E-state index contributed by atoms with van der Waals surface area (Å²) in [6.45, 7) is 1.42. The molecule has 3 rings (SSSR count). The second kappa shape index (κ2) is 6.20. The van der Waals surface area contributed by atoms with E-state index < -0.39 is 11.7 Å². The zero-order chi connectivity index (χ0) is 16.4. The van der Waals surface area contributed by atoms with Gasteiger partial charge in [-0.15, -0.1) is 0 Å². The number of hydrogen-bond acceptors (Lipinski definition) is 1. The molecule has 1 N–H and O–H groups in total. The maximum atomic E-state index is 12.8. The Morgan fingerprint density at radius 1 is 1.04 bits per heavy atom. The van der Waals surface area contributed by atoms with E-state index in [0.717, 1.165) is 25.1 Å². The number of fused-ring (bicyclic) bond motifs is 1. The number of hydrogen-bond donors (Lipinski definition) is 1. The zero-order valence-corrected chi connectivity index (χ0v) is 13.0. The van der Waals surface area contributed by atoms with Crippen LogP contribution in [-0.4, -0.2) is 16.6 Å². The number of nitrogens with zero attached hydrogens (tertiary/aromatic N) is 1. The van der Waals surface area contributed by atoms with Crippen LogP contribution in [0.4, 0.5) is 18.9 Å². The second-order valence-electron chi connectivity index (χ2n) is 5.45. The van der Waals surface area contributed by atoms with E-state index in [1.54, 1.807) is 6.07 Å². The molecule has 0 radical (unpaired) electrons. The van der Waals surface area contributed by atoms with Crippen LogP contribution in [0.5, 0.6) is 0 Å². The molecule has 2 aromatic rings. The lowest BCUT2D eigenvalue weighted by Crippen LogP contribution is -2.38. The SMILES string of the molecule is FC(F)(F)c1cccc(NC(=S)N2CCc3ccccc3C2)c1. The summed E-state index contributed by atoms with van der Waals surface area (Å²) in [5.41, 5.74) is 2.16. The Hall–Kier alpha value is -2.08. The minimum atomic E-state index is -4.36. The fourth-order valence-corrected chi connectivity index (χ4v) is 2.92. The second-order valence-corrected chi connectivity index (χ2v) is 5.84. The first kappa shape index (κ1) is 15.8. The maximum Gasteiger partial charge on any atom is 0.416 e. The Labute approximate surface area is 137 Å². The molecule has 120 valence electrons. The van der Waals surface area contributed by atoms with E-state index in [-0.39, 0.29) is 0 Å². The molecule has 23 heavy (non-hydrogen) atoms. The predicted molar refractivity (Wildman–Crippen MR) is 88.2 cm³/mol. The van der Waals surface area contributed by atoms with Gasteiger partial charge in [0.15, 0.2) is 5.11 Å². The average molecular weight is 336 g/mol. The van der Waals surface area contributed by atoms with Gasteiger partial charge in [0, 0.05) is 18.8 Å². The molecule has 1 aliphatic heterocycles. The van der Waals surface area contributed by atoms with Gasteiger partial charge in [-0.05, 0) is 48.0 Å². The lowest BCUT2D eigenvalue weighted by atomic mass is 10.0. The van der Waals surface area contributed by atoms with Crippen molar-refractivity contribution in [3.8, 4) is 0 Å². The molecule has 0 spiro atoms. The number of anilines is 1. The Kier molecular flexibility index (Phi) is 4.26. The molecule has 1 heterocycles. The van der Waals surface area contributed by atoms with Crippen molar-refractivity contribution in [1.29, 1.82) is 0 Å². The van der Waals surface area contributed by atoms with Gasteiger partial charge in [-0.25, -0.2) is 0 Å². The summed E-state index contributed by atoms with van der Waals surface area (Å²) < 4.78 is 38.3. The lowest BCUT2D eigenvalue weighted by Gasteiger charge is -2.31. The van der Waals surface area contributed by atoms with Crippen LogP contribution in [0.25, 0.3) is 0 Å². The van der Waals surface area contributed by atoms with Crippen molar-refractivity contribution >= 4 is 23.0 Å². The van der Waals surface area contributed by atoms with Crippen LogP contribution in [0.15, 0.2) is 48.5 Å². The molecule has 0 amide bonds. The minimum absolute atomic E-state index is 0.351. The summed E-state index contributed by atoms with van der Waals surface area (Å²) in [6, 6.07) is 13.2. The highest BCUT2D eigenvalue weighted by atomic mass is 32.1. The Balaban J connectivity index is 1.71. The van der Waals surface area contributed by atoms with E-state index in [0.29, 0.717) is 17.3 Å². The number of thiocarbonyl (C=S) groups is 1. The van der Waals surface area contributed by atoms with Gasteiger partial charge >= 0.3 is 6.18 Å². The van der Waals surface area contributed by atoms with Crippen LogP contribution in [0.2, 0.25) is 0 Å². The topological polar surface area (TPSA) is 15.3 Å². The monoisotopic (exact) mass is 336 g/mol. The Morgan fingerprint density at radius 2 is 1.78 bits per heavy atom. The summed E-state index contributed by atoms with van der Waals surface area (Å²) in [4.78, 5) is 1.97. The van der Waals surface area contributed by atoms with Gasteiger partial charge < -0.3 is 10.2 Å². The summed E-state index contributed by atoms with van der Waals surface area (Å²) in [5.74, 6) is 0. The van der Waals surface area contributed by atoms with Gasteiger partial charge in [-0.3, -0.25) is 0 Å². The molecule has 1 aliphatic rings. The molecule has 0 bridgehead atoms. The largest absolute Gasteiger partial charge is 0.416 e. The molecule has 0 aromatic heterocycles. The summed E-state index contributed by atoms with van der Waals surface area (Å²) >= 11 is 5.36. The Morgan fingerprint density at radius 3 is 2.52 bits per heavy atom. The van der Waals surface area contributed by atoms with Crippen molar-refractivity contribution in [3.05, 3.63) is 65.2 Å². The van der Waals surface area contributed by atoms with Gasteiger partial charge in [-0.2, -0.15) is 13.2 Å². The van der Waals surface area contributed by atoms with Crippen molar-refractivity contribution < 1.29 is 13.2 Å². The number of alkyl halides is 3. The average Bonchev–Trinajstić information content (AvgIpc) is 2.54. The third-order valence-corrected chi connectivity index (χ3v) is 4.22. The summed E-state index contributed by atoms with van der Waals surface area (Å²) in [5, 5.41) is 3.36.